The van der Waals surface area contributed by atoms with Gasteiger partial charge >= 0.3 is 0 Å². The Hall–Kier alpha value is -1.84. The number of methoxy groups -OCH3 is 2. The highest BCUT2D eigenvalue weighted by molar-refractivity contribution is 14.0. The SMILES string of the molecule is CN=C(NCc1ccc(COC)cc1)NCc1ccc(C)cc1OCCCOC.I. The summed E-state index contributed by atoms with van der Waals surface area (Å²) in [6.07, 6.45) is 0.865. The number of hydrogen-bond acceptors (Lipinski definition) is 4. The van der Waals surface area contributed by atoms with E-state index in [0.717, 1.165) is 29.3 Å². The molecule has 2 N–H and O–H groups in total. The van der Waals surface area contributed by atoms with Gasteiger partial charge < -0.3 is 24.8 Å². The molecule has 6 nitrogen and oxygen atoms in total. The standard InChI is InChI=1S/C23H33N3O3.HI/c1-18-6-11-21(22(14-18)29-13-5-12-27-3)16-26-23(24-2)25-15-19-7-9-20(10-8-19)17-28-4;/h6-11,14H,5,12-13,15-17H2,1-4H3,(H2,24,25,26);1H. The Morgan fingerprint density at radius 2 is 1.60 bits per heavy atom. The first-order chi connectivity index (χ1) is 14.2. The molecule has 0 unspecified atom stereocenters. The first-order valence-electron chi connectivity index (χ1n) is 9.88. The van der Waals surface area contributed by atoms with Crippen molar-refractivity contribution in [2.45, 2.75) is 33.0 Å². The zero-order chi connectivity index (χ0) is 20.9. The van der Waals surface area contributed by atoms with Crippen LogP contribution in [0.3, 0.4) is 0 Å². The van der Waals surface area contributed by atoms with Crippen LogP contribution in [-0.4, -0.2) is 40.4 Å². The second kappa shape index (κ2) is 15.0. The summed E-state index contributed by atoms with van der Waals surface area (Å²) in [6, 6.07) is 14.6. The van der Waals surface area contributed by atoms with E-state index < -0.39 is 0 Å². The lowest BCUT2D eigenvalue weighted by atomic mass is 10.1. The van der Waals surface area contributed by atoms with Gasteiger partial charge in [0.05, 0.1) is 13.2 Å². The highest BCUT2D eigenvalue weighted by Crippen LogP contribution is 2.20. The molecular formula is C23H34IN3O3. The van der Waals surface area contributed by atoms with E-state index in [9.17, 15) is 0 Å². The quantitative estimate of drug-likeness (QED) is 0.200. The Morgan fingerprint density at radius 3 is 2.27 bits per heavy atom. The van der Waals surface area contributed by atoms with Crippen molar-refractivity contribution in [1.82, 2.24) is 10.6 Å². The number of aryl methyl sites for hydroxylation is 1. The second-order valence-electron chi connectivity index (χ2n) is 6.83. The fourth-order valence-corrected chi connectivity index (χ4v) is 2.83. The molecule has 0 saturated carbocycles. The third kappa shape index (κ3) is 9.32. The average Bonchev–Trinajstić information content (AvgIpc) is 2.74. The maximum Gasteiger partial charge on any atom is 0.191 e. The van der Waals surface area contributed by atoms with E-state index >= 15 is 0 Å². The van der Waals surface area contributed by atoms with Gasteiger partial charge in [-0.3, -0.25) is 4.99 Å². The fraction of sp³-hybridized carbons (Fsp3) is 0.435. The van der Waals surface area contributed by atoms with Gasteiger partial charge in [-0.15, -0.1) is 24.0 Å². The molecule has 0 heterocycles. The number of ether oxygens (including phenoxy) is 3. The van der Waals surface area contributed by atoms with Crippen LogP contribution >= 0.6 is 24.0 Å². The summed E-state index contributed by atoms with van der Waals surface area (Å²) in [6.45, 7) is 5.35. The average molecular weight is 527 g/mol. The molecule has 2 rings (SSSR count). The number of guanidine groups is 1. The number of halogens is 1. The molecule has 2 aromatic carbocycles. The lowest BCUT2D eigenvalue weighted by molar-refractivity contribution is 0.171. The van der Waals surface area contributed by atoms with Crippen molar-refractivity contribution in [2.75, 3.05) is 34.5 Å². The summed E-state index contributed by atoms with van der Waals surface area (Å²) >= 11 is 0. The third-order valence-corrected chi connectivity index (χ3v) is 4.44. The zero-order valence-corrected chi connectivity index (χ0v) is 20.7. The van der Waals surface area contributed by atoms with Crippen LogP contribution in [0.15, 0.2) is 47.5 Å². The van der Waals surface area contributed by atoms with Gasteiger partial charge in [-0.25, -0.2) is 0 Å². The van der Waals surface area contributed by atoms with Crippen molar-refractivity contribution in [3.63, 3.8) is 0 Å². The van der Waals surface area contributed by atoms with Gasteiger partial charge in [-0.05, 0) is 29.7 Å². The van der Waals surface area contributed by atoms with Crippen molar-refractivity contribution < 1.29 is 14.2 Å². The van der Waals surface area contributed by atoms with Gasteiger partial charge in [-0.2, -0.15) is 0 Å². The van der Waals surface area contributed by atoms with Gasteiger partial charge in [0.2, 0.25) is 0 Å². The van der Waals surface area contributed by atoms with Crippen LogP contribution in [0, 0.1) is 6.92 Å². The lowest BCUT2D eigenvalue weighted by Crippen LogP contribution is -2.36. The summed E-state index contributed by atoms with van der Waals surface area (Å²) in [5.41, 5.74) is 4.62. The molecule has 0 aromatic heterocycles. The smallest absolute Gasteiger partial charge is 0.191 e. The van der Waals surface area contributed by atoms with Gasteiger partial charge in [0.15, 0.2) is 5.96 Å². The molecule has 0 aliphatic heterocycles. The molecule has 7 heteroatoms. The Labute approximate surface area is 197 Å². The number of nitrogens with one attached hydrogen (secondary N) is 2. The monoisotopic (exact) mass is 527 g/mol. The number of nitrogens with zero attached hydrogens (tertiary/aromatic N) is 1. The van der Waals surface area contributed by atoms with Crippen LogP contribution in [0.2, 0.25) is 0 Å². The van der Waals surface area contributed by atoms with Crippen LogP contribution in [0.25, 0.3) is 0 Å². The molecule has 0 fully saturated rings. The molecule has 0 bridgehead atoms. The van der Waals surface area contributed by atoms with Crippen LogP contribution in [0.5, 0.6) is 5.75 Å². The van der Waals surface area contributed by atoms with E-state index in [-0.39, 0.29) is 24.0 Å². The topological polar surface area (TPSA) is 64.1 Å². The predicted molar refractivity (Wildman–Crippen MR) is 133 cm³/mol. The van der Waals surface area contributed by atoms with Crippen molar-refractivity contribution >= 4 is 29.9 Å². The van der Waals surface area contributed by atoms with Gasteiger partial charge in [-0.1, -0.05) is 36.4 Å². The number of aliphatic imine (C=N–C) groups is 1. The Bertz CT molecular complexity index is 767. The van der Waals surface area contributed by atoms with Gasteiger partial charge in [0.25, 0.3) is 0 Å². The predicted octanol–water partition coefficient (Wildman–Crippen LogP) is 4.04. The van der Waals surface area contributed by atoms with Crippen molar-refractivity contribution in [3.05, 3.63) is 64.7 Å². The molecule has 0 aliphatic carbocycles. The largest absolute Gasteiger partial charge is 0.493 e. The molecular weight excluding hydrogens is 493 g/mol. The van der Waals surface area contributed by atoms with E-state index in [2.05, 4.69) is 65.0 Å². The van der Waals surface area contributed by atoms with Crippen molar-refractivity contribution in [1.29, 1.82) is 0 Å². The second-order valence-corrected chi connectivity index (χ2v) is 6.83. The molecule has 2 aromatic rings. The number of hydrogen-bond donors (Lipinski definition) is 2. The molecule has 30 heavy (non-hydrogen) atoms. The summed E-state index contributed by atoms with van der Waals surface area (Å²) in [5.74, 6) is 1.65. The minimum Gasteiger partial charge on any atom is -0.493 e. The fourth-order valence-electron chi connectivity index (χ4n) is 2.83. The molecule has 166 valence electrons. The summed E-state index contributed by atoms with van der Waals surface area (Å²) in [5, 5.41) is 6.71. The van der Waals surface area contributed by atoms with E-state index in [0.29, 0.717) is 32.9 Å². The Morgan fingerprint density at radius 1 is 0.900 bits per heavy atom. The zero-order valence-electron chi connectivity index (χ0n) is 18.4. The van der Waals surface area contributed by atoms with E-state index in [4.69, 9.17) is 14.2 Å². The van der Waals surface area contributed by atoms with Crippen molar-refractivity contribution in [3.8, 4) is 5.75 Å². The molecule has 0 aliphatic rings. The van der Waals surface area contributed by atoms with E-state index in [1.54, 1.807) is 21.3 Å². The van der Waals surface area contributed by atoms with E-state index in [1.165, 1.54) is 11.1 Å². The Kier molecular flexibility index (Phi) is 13.1. The van der Waals surface area contributed by atoms with Crippen LogP contribution in [-0.2, 0) is 29.2 Å². The highest BCUT2D eigenvalue weighted by Gasteiger charge is 2.06. The molecule has 0 atom stereocenters. The first-order valence-corrected chi connectivity index (χ1v) is 9.88. The van der Waals surface area contributed by atoms with Gasteiger partial charge in [0, 0.05) is 52.9 Å². The Balaban J connectivity index is 0.00000450. The third-order valence-electron chi connectivity index (χ3n) is 4.44. The minimum atomic E-state index is 0. The number of rotatable bonds is 11. The maximum absolute atomic E-state index is 5.96. The summed E-state index contributed by atoms with van der Waals surface area (Å²) in [4.78, 5) is 4.32. The van der Waals surface area contributed by atoms with Crippen LogP contribution < -0.4 is 15.4 Å². The summed E-state index contributed by atoms with van der Waals surface area (Å²) < 4.78 is 16.2. The normalized spacial score (nSPS) is 11.0. The number of benzene rings is 2. The first kappa shape index (κ1) is 26.2. The molecule has 0 amide bonds. The lowest BCUT2D eigenvalue weighted by Gasteiger charge is -2.15. The van der Waals surface area contributed by atoms with Crippen LogP contribution in [0.4, 0.5) is 0 Å². The molecule has 0 spiro atoms. The van der Waals surface area contributed by atoms with Crippen LogP contribution in [0.1, 0.15) is 28.7 Å². The molecule has 0 saturated heterocycles. The summed E-state index contributed by atoms with van der Waals surface area (Å²) in [7, 11) is 5.18. The van der Waals surface area contributed by atoms with E-state index in [1.807, 2.05) is 0 Å². The minimum absolute atomic E-state index is 0. The van der Waals surface area contributed by atoms with Crippen molar-refractivity contribution in [2.24, 2.45) is 4.99 Å². The molecule has 0 radical (unpaired) electrons. The van der Waals surface area contributed by atoms with Gasteiger partial charge in [0.1, 0.15) is 5.75 Å². The maximum atomic E-state index is 5.96. The highest BCUT2D eigenvalue weighted by atomic mass is 127.